The number of amides is 2. The lowest BCUT2D eigenvalue weighted by atomic mass is 10.1. The average Bonchev–Trinajstić information content (AvgIpc) is 3.02. The normalized spacial score (nSPS) is 20.6. The van der Waals surface area contributed by atoms with Crippen LogP contribution in [0.4, 0.5) is 24.5 Å². The fraction of sp³-hybridized carbons (Fsp3) is 0.333. The number of benzene rings is 2. The lowest BCUT2D eigenvalue weighted by molar-refractivity contribution is -0.137. The quantitative estimate of drug-likeness (QED) is 0.619. The first-order valence-electron chi connectivity index (χ1n) is 9.63. The molecular weight excluding hydrogens is 454 g/mol. The summed E-state index contributed by atoms with van der Waals surface area (Å²) >= 11 is 12.1. The fourth-order valence-electron chi connectivity index (χ4n) is 3.99. The highest BCUT2D eigenvalue weighted by Gasteiger charge is 2.44. The summed E-state index contributed by atoms with van der Waals surface area (Å²) in [6.45, 7) is 1.78. The van der Waals surface area contributed by atoms with Crippen LogP contribution in [0.1, 0.15) is 12.0 Å². The van der Waals surface area contributed by atoms with Crippen molar-refractivity contribution in [3.63, 3.8) is 0 Å². The van der Waals surface area contributed by atoms with Gasteiger partial charge in [0.2, 0.25) is 5.91 Å². The smallest absolute Gasteiger partial charge is 0.369 e. The van der Waals surface area contributed by atoms with Crippen molar-refractivity contribution in [3.8, 4) is 0 Å². The second-order valence-electron chi connectivity index (χ2n) is 7.45. The van der Waals surface area contributed by atoms with Crippen LogP contribution in [0, 0.1) is 0 Å². The van der Waals surface area contributed by atoms with Gasteiger partial charge in [0.05, 0.1) is 28.7 Å². The van der Waals surface area contributed by atoms with Gasteiger partial charge in [0.15, 0.2) is 0 Å². The number of hydrogen-bond donors (Lipinski definition) is 0. The number of hydrogen-bond acceptors (Lipinski definition) is 4. The first kappa shape index (κ1) is 21.9. The molecule has 5 nitrogen and oxygen atoms in total. The van der Waals surface area contributed by atoms with E-state index in [9.17, 15) is 22.8 Å². The van der Waals surface area contributed by atoms with Crippen LogP contribution in [0.2, 0.25) is 10.0 Å². The van der Waals surface area contributed by atoms with Crippen LogP contribution in [0.15, 0.2) is 42.5 Å². The van der Waals surface area contributed by atoms with Gasteiger partial charge < -0.3 is 4.90 Å². The van der Waals surface area contributed by atoms with Crippen LogP contribution >= 0.6 is 23.2 Å². The molecule has 0 spiro atoms. The van der Waals surface area contributed by atoms with Crippen LogP contribution in [-0.4, -0.2) is 48.9 Å². The number of carbonyl (C=O) groups excluding carboxylic acids is 2. The molecule has 164 valence electrons. The zero-order valence-corrected chi connectivity index (χ0v) is 17.7. The maximum Gasteiger partial charge on any atom is 0.416 e. The van der Waals surface area contributed by atoms with Crippen LogP contribution in [-0.2, 0) is 15.8 Å². The van der Waals surface area contributed by atoms with Crippen molar-refractivity contribution in [1.29, 1.82) is 0 Å². The molecule has 10 heteroatoms. The highest BCUT2D eigenvalue weighted by Crippen LogP contribution is 2.34. The molecule has 0 unspecified atom stereocenters. The Morgan fingerprint density at radius 3 is 2.29 bits per heavy atom. The zero-order valence-electron chi connectivity index (χ0n) is 16.2. The van der Waals surface area contributed by atoms with Crippen molar-refractivity contribution in [1.82, 2.24) is 4.90 Å². The molecule has 1 atom stereocenters. The number of piperazine rings is 1. The third-order valence-electron chi connectivity index (χ3n) is 5.57. The minimum absolute atomic E-state index is 0.0291. The third kappa shape index (κ3) is 4.37. The molecule has 4 rings (SSSR count). The van der Waals surface area contributed by atoms with E-state index in [1.54, 1.807) is 12.1 Å². The maximum atomic E-state index is 13.0. The van der Waals surface area contributed by atoms with Crippen molar-refractivity contribution in [2.75, 3.05) is 36.0 Å². The number of halogens is 5. The van der Waals surface area contributed by atoms with Gasteiger partial charge >= 0.3 is 6.18 Å². The van der Waals surface area contributed by atoms with Crippen LogP contribution in [0.25, 0.3) is 0 Å². The van der Waals surface area contributed by atoms with E-state index in [-0.39, 0.29) is 23.3 Å². The van der Waals surface area contributed by atoms with E-state index in [4.69, 9.17) is 23.2 Å². The number of anilines is 2. The third-order valence-corrected chi connectivity index (χ3v) is 6.10. The minimum atomic E-state index is -4.40. The maximum absolute atomic E-state index is 13.0. The second kappa shape index (κ2) is 8.33. The van der Waals surface area contributed by atoms with Crippen molar-refractivity contribution in [2.24, 2.45) is 0 Å². The fourth-order valence-corrected chi connectivity index (χ4v) is 4.48. The summed E-state index contributed by atoms with van der Waals surface area (Å²) in [5.74, 6) is -0.707. The van der Waals surface area contributed by atoms with Crippen molar-refractivity contribution in [2.45, 2.75) is 18.6 Å². The average molecular weight is 472 g/mol. The number of nitrogens with zero attached hydrogens (tertiary/aromatic N) is 3. The van der Waals surface area contributed by atoms with Gasteiger partial charge in [-0.1, -0.05) is 29.3 Å². The van der Waals surface area contributed by atoms with E-state index in [1.165, 1.54) is 18.2 Å². The van der Waals surface area contributed by atoms with E-state index < -0.39 is 17.8 Å². The first-order chi connectivity index (χ1) is 14.6. The molecular formula is C21H18Cl2F3N3O2. The van der Waals surface area contributed by atoms with Gasteiger partial charge in [-0.15, -0.1) is 0 Å². The zero-order chi connectivity index (χ0) is 22.3. The van der Waals surface area contributed by atoms with Gasteiger partial charge in [-0.2, -0.15) is 13.2 Å². The number of imide groups is 1. The summed E-state index contributed by atoms with van der Waals surface area (Å²) in [5.41, 5.74) is 0.0866. The summed E-state index contributed by atoms with van der Waals surface area (Å²) < 4.78 is 39.0. The Kier molecular flexibility index (Phi) is 5.89. The standard InChI is InChI=1S/C21H18Cl2F3N3O2/c22-14-4-5-17(16(23)11-14)29-19(30)12-18(20(29)31)28-8-6-27(7-9-28)15-3-1-2-13(10-15)21(24,25)26/h1-5,10-11,18H,6-9,12H2/t18-/m1/s1. The minimum Gasteiger partial charge on any atom is -0.369 e. The Balaban J connectivity index is 1.45. The van der Waals surface area contributed by atoms with Crippen molar-refractivity contribution >= 4 is 46.4 Å². The summed E-state index contributed by atoms with van der Waals surface area (Å²) in [4.78, 5) is 30.4. The van der Waals surface area contributed by atoms with Gasteiger partial charge in [-0.3, -0.25) is 14.5 Å². The van der Waals surface area contributed by atoms with E-state index >= 15 is 0 Å². The highest BCUT2D eigenvalue weighted by molar-refractivity contribution is 6.38. The predicted molar refractivity (Wildman–Crippen MR) is 113 cm³/mol. The number of carbonyl (C=O) groups is 2. The molecule has 2 saturated heterocycles. The Morgan fingerprint density at radius 1 is 0.935 bits per heavy atom. The Morgan fingerprint density at radius 2 is 1.65 bits per heavy atom. The molecule has 2 heterocycles. The SMILES string of the molecule is O=C1C[C@@H](N2CCN(c3cccc(C(F)(F)F)c3)CC2)C(=O)N1c1ccc(Cl)cc1Cl. The Bertz CT molecular complexity index is 1020. The molecule has 2 fully saturated rings. The molecule has 0 aromatic heterocycles. The Hall–Kier alpha value is -2.29. The molecule has 0 bridgehead atoms. The van der Waals surface area contributed by atoms with E-state index in [1.807, 2.05) is 9.80 Å². The molecule has 2 aliphatic rings. The van der Waals surface area contributed by atoms with Crippen LogP contribution in [0.5, 0.6) is 0 Å². The molecule has 0 aliphatic carbocycles. The summed E-state index contributed by atoms with van der Waals surface area (Å²) in [5, 5.41) is 0.610. The monoisotopic (exact) mass is 471 g/mol. The van der Waals surface area contributed by atoms with E-state index in [0.29, 0.717) is 42.6 Å². The topological polar surface area (TPSA) is 43.9 Å². The molecule has 0 saturated carbocycles. The molecule has 2 amide bonds. The summed E-state index contributed by atoms with van der Waals surface area (Å²) in [7, 11) is 0. The molecule has 0 N–H and O–H groups in total. The molecule has 2 aromatic rings. The molecule has 2 aliphatic heterocycles. The highest BCUT2D eigenvalue weighted by atomic mass is 35.5. The summed E-state index contributed by atoms with van der Waals surface area (Å²) in [6, 6.07) is 9.14. The van der Waals surface area contributed by atoms with Crippen LogP contribution < -0.4 is 9.80 Å². The molecule has 31 heavy (non-hydrogen) atoms. The molecule has 0 radical (unpaired) electrons. The lowest BCUT2D eigenvalue weighted by Crippen LogP contribution is -2.52. The van der Waals surface area contributed by atoms with Gasteiger partial charge in [0.25, 0.3) is 5.91 Å². The Labute approximate surface area is 186 Å². The summed E-state index contributed by atoms with van der Waals surface area (Å²) in [6.07, 6.45) is -4.37. The first-order valence-corrected chi connectivity index (χ1v) is 10.4. The van der Waals surface area contributed by atoms with Crippen LogP contribution in [0.3, 0.4) is 0 Å². The van der Waals surface area contributed by atoms with Gasteiger partial charge in [0, 0.05) is 36.9 Å². The van der Waals surface area contributed by atoms with E-state index in [0.717, 1.165) is 17.0 Å². The number of alkyl halides is 3. The largest absolute Gasteiger partial charge is 0.416 e. The second-order valence-corrected chi connectivity index (χ2v) is 8.30. The van der Waals surface area contributed by atoms with Gasteiger partial charge in [0.1, 0.15) is 0 Å². The lowest BCUT2D eigenvalue weighted by Gasteiger charge is -2.38. The van der Waals surface area contributed by atoms with Gasteiger partial charge in [-0.25, -0.2) is 4.90 Å². The van der Waals surface area contributed by atoms with E-state index in [2.05, 4.69) is 0 Å². The van der Waals surface area contributed by atoms with Crippen molar-refractivity contribution < 1.29 is 22.8 Å². The predicted octanol–water partition coefficient (Wildman–Crippen LogP) is 4.47. The van der Waals surface area contributed by atoms with Gasteiger partial charge in [-0.05, 0) is 36.4 Å². The van der Waals surface area contributed by atoms with Crippen molar-refractivity contribution in [3.05, 3.63) is 58.1 Å². The molecule has 2 aromatic carbocycles. The number of rotatable bonds is 3.